The van der Waals surface area contributed by atoms with Crippen molar-refractivity contribution in [3.05, 3.63) is 0 Å². The lowest BCUT2D eigenvalue weighted by atomic mass is 9.69. The van der Waals surface area contributed by atoms with Gasteiger partial charge in [0.25, 0.3) is 0 Å². The normalized spacial score (nSPS) is 22.3. The Bertz CT molecular complexity index is 192. The van der Waals surface area contributed by atoms with Gasteiger partial charge in [0.2, 0.25) is 0 Å². The van der Waals surface area contributed by atoms with E-state index in [1.54, 1.807) is 0 Å². The molecule has 0 aromatic heterocycles. The smallest absolute Gasteiger partial charge is 0.0603 e. The summed E-state index contributed by atoms with van der Waals surface area (Å²) >= 11 is 4.63. The number of hydrogen-bond donors (Lipinski definition) is 0. The molecule has 2 heteroatoms. The van der Waals surface area contributed by atoms with E-state index < -0.39 is 0 Å². The maximum Gasteiger partial charge on any atom is 0.0603 e. The molecule has 1 nitrogen and oxygen atoms in total. The van der Waals surface area contributed by atoms with Crippen LogP contribution in [0, 0.1) is 5.41 Å². The van der Waals surface area contributed by atoms with Crippen LogP contribution >= 0.6 is 12.2 Å². The largest absolute Gasteiger partial charge is 0.229 e. The molecule has 1 saturated carbocycles. The lowest BCUT2D eigenvalue weighted by Gasteiger charge is -2.37. The minimum Gasteiger partial charge on any atom is -0.229 e. The van der Waals surface area contributed by atoms with Crippen LogP contribution < -0.4 is 0 Å². The first-order valence-corrected chi connectivity index (χ1v) is 5.74. The van der Waals surface area contributed by atoms with Crippen molar-refractivity contribution in [2.75, 3.05) is 0 Å². The highest BCUT2D eigenvalue weighted by Gasteiger charge is 2.31. The Morgan fingerprint density at radius 3 is 2.23 bits per heavy atom. The molecule has 0 N–H and O–H groups in total. The maximum absolute atomic E-state index is 4.63. The Morgan fingerprint density at radius 2 is 1.85 bits per heavy atom. The minimum atomic E-state index is 0.476. The van der Waals surface area contributed by atoms with Crippen LogP contribution in [0.15, 0.2) is 4.99 Å². The lowest BCUT2D eigenvalue weighted by molar-refractivity contribution is 0.161. The van der Waals surface area contributed by atoms with Crippen molar-refractivity contribution in [2.45, 2.75) is 58.4 Å². The van der Waals surface area contributed by atoms with E-state index in [9.17, 15) is 0 Å². The molecule has 0 aromatic rings. The molecule has 0 aromatic carbocycles. The average molecular weight is 197 g/mol. The van der Waals surface area contributed by atoms with Gasteiger partial charge in [0.15, 0.2) is 0 Å². The second kappa shape index (κ2) is 4.88. The number of rotatable bonds is 3. The fraction of sp³-hybridized carbons (Fsp3) is 0.909. The molecule has 1 fully saturated rings. The maximum atomic E-state index is 4.63. The Labute approximate surface area is 86.6 Å². The van der Waals surface area contributed by atoms with Crippen molar-refractivity contribution in [1.29, 1.82) is 0 Å². The predicted molar refractivity (Wildman–Crippen MR) is 60.3 cm³/mol. The third-order valence-corrected chi connectivity index (χ3v) is 3.86. The van der Waals surface area contributed by atoms with E-state index in [4.69, 9.17) is 0 Å². The van der Waals surface area contributed by atoms with Crippen LogP contribution in [0.3, 0.4) is 0 Å². The van der Waals surface area contributed by atoms with Crippen LogP contribution in [0.25, 0.3) is 0 Å². The first-order chi connectivity index (χ1) is 6.26. The average Bonchev–Trinajstić information content (AvgIpc) is 2.20. The summed E-state index contributed by atoms with van der Waals surface area (Å²) in [6, 6.07) is 0.476. The molecule has 0 spiro atoms. The summed E-state index contributed by atoms with van der Waals surface area (Å²) in [5.74, 6) is 0. The van der Waals surface area contributed by atoms with Crippen LogP contribution in [0.4, 0.5) is 0 Å². The Kier molecular flexibility index (Phi) is 4.08. The Morgan fingerprint density at radius 1 is 1.31 bits per heavy atom. The highest BCUT2D eigenvalue weighted by Crippen LogP contribution is 2.42. The molecule has 74 valence electrons. The highest BCUT2D eigenvalue weighted by molar-refractivity contribution is 7.78. The van der Waals surface area contributed by atoms with Gasteiger partial charge < -0.3 is 0 Å². The molecule has 0 amide bonds. The van der Waals surface area contributed by atoms with Crippen molar-refractivity contribution in [1.82, 2.24) is 0 Å². The van der Waals surface area contributed by atoms with Crippen LogP contribution in [0.5, 0.6) is 0 Å². The van der Waals surface area contributed by atoms with Gasteiger partial charge in [-0.15, -0.1) is 0 Å². The summed E-state index contributed by atoms with van der Waals surface area (Å²) in [5.41, 5.74) is 0.619. The fourth-order valence-electron chi connectivity index (χ4n) is 2.38. The lowest BCUT2D eigenvalue weighted by Crippen LogP contribution is -2.27. The van der Waals surface area contributed by atoms with Crippen LogP contribution in [-0.2, 0) is 0 Å². The van der Waals surface area contributed by atoms with Gasteiger partial charge in [0.1, 0.15) is 0 Å². The predicted octanol–water partition coefficient (Wildman–Crippen LogP) is 3.84. The van der Waals surface area contributed by atoms with Crippen molar-refractivity contribution in [2.24, 2.45) is 10.4 Å². The molecule has 0 bridgehead atoms. The molecular weight excluding hydrogens is 178 g/mol. The second-order valence-corrected chi connectivity index (χ2v) is 4.34. The van der Waals surface area contributed by atoms with Crippen LogP contribution in [0.1, 0.15) is 52.4 Å². The van der Waals surface area contributed by atoms with E-state index in [-0.39, 0.29) is 0 Å². The molecule has 13 heavy (non-hydrogen) atoms. The van der Waals surface area contributed by atoms with Gasteiger partial charge in [-0.25, -0.2) is 4.99 Å². The number of isothiocyanates is 1. The van der Waals surface area contributed by atoms with Gasteiger partial charge in [-0.2, -0.15) is 0 Å². The standard InChI is InChI=1S/C11H19NS/c1-3-11(4-2)7-5-10(6-8-11)12-9-13/h10H,3-8H2,1-2H3. The molecule has 0 saturated heterocycles. The molecule has 1 aliphatic rings. The molecule has 1 rings (SSSR count). The molecule has 0 heterocycles. The number of aliphatic imine (C=N–C) groups is 1. The van der Waals surface area contributed by atoms with Gasteiger partial charge >= 0.3 is 0 Å². The van der Waals surface area contributed by atoms with E-state index >= 15 is 0 Å². The van der Waals surface area contributed by atoms with Gasteiger partial charge in [-0.05, 0) is 43.3 Å². The van der Waals surface area contributed by atoms with Crippen molar-refractivity contribution in [3.8, 4) is 0 Å². The SMILES string of the molecule is CCC1(CC)CCC(N=C=S)CC1. The summed E-state index contributed by atoms with van der Waals surface area (Å²) in [4.78, 5) is 4.18. The summed E-state index contributed by atoms with van der Waals surface area (Å²) in [6.07, 6.45) is 7.71. The number of hydrogen-bond acceptors (Lipinski definition) is 2. The Balaban J connectivity index is 2.49. The second-order valence-electron chi connectivity index (χ2n) is 4.16. The van der Waals surface area contributed by atoms with Crippen LogP contribution in [0.2, 0.25) is 0 Å². The van der Waals surface area contributed by atoms with Gasteiger partial charge in [0.05, 0.1) is 11.2 Å². The summed E-state index contributed by atoms with van der Waals surface area (Å²) < 4.78 is 0. The van der Waals surface area contributed by atoms with Gasteiger partial charge in [-0.1, -0.05) is 26.7 Å². The topological polar surface area (TPSA) is 12.4 Å². The summed E-state index contributed by atoms with van der Waals surface area (Å²) in [5, 5.41) is 2.51. The van der Waals surface area contributed by atoms with Crippen molar-refractivity contribution >= 4 is 17.4 Å². The van der Waals surface area contributed by atoms with Crippen molar-refractivity contribution in [3.63, 3.8) is 0 Å². The molecule has 0 radical (unpaired) electrons. The van der Waals surface area contributed by atoms with Crippen LogP contribution in [-0.4, -0.2) is 11.2 Å². The zero-order chi connectivity index (χ0) is 9.73. The summed E-state index contributed by atoms with van der Waals surface area (Å²) in [6.45, 7) is 4.62. The molecule has 0 unspecified atom stereocenters. The van der Waals surface area contributed by atoms with Gasteiger partial charge in [0, 0.05) is 0 Å². The van der Waals surface area contributed by atoms with E-state index in [1.165, 1.54) is 38.5 Å². The zero-order valence-electron chi connectivity index (χ0n) is 8.68. The minimum absolute atomic E-state index is 0.476. The number of thiocarbonyl (C=S) groups is 1. The fourth-order valence-corrected chi connectivity index (χ4v) is 2.52. The third kappa shape index (κ3) is 2.62. The summed E-state index contributed by atoms with van der Waals surface area (Å²) in [7, 11) is 0. The van der Waals surface area contributed by atoms with E-state index in [0.29, 0.717) is 11.5 Å². The third-order valence-electron chi connectivity index (χ3n) is 3.75. The molecular formula is C11H19NS. The quantitative estimate of drug-likeness (QED) is 0.494. The zero-order valence-corrected chi connectivity index (χ0v) is 9.49. The van der Waals surface area contributed by atoms with E-state index in [1.807, 2.05) is 0 Å². The molecule has 1 aliphatic carbocycles. The first-order valence-electron chi connectivity index (χ1n) is 5.33. The number of nitrogens with zero attached hydrogens (tertiary/aromatic N) is 1. The first kappa shape index (κ1) is 10.9. The highest BCUT2D eigenvalue weighted by atomic mass is 32.1. The van der Waals surface area contributed by atoms with Gasteiger partial charge in [-0.3, -0.25) is 0 Å². The van der Waals surface area contributed by atoms with E-state index in [2.05, 4.69) is 36.2 Å². The Hall–Kier alpha value is -0.200. The van der Waals surface area contributed by atoms with E-state index in [0.717, 1.165) is 0 Å². The molecule has 0 aliphatic heterocycles. The van der Waals surface area contributed by atoms with Crippen molar-refractivity contribution < 1.29 is 0 Å². The monoisotopic (exact) mass is 197 g/mol. The molecule has 0 atom stereocenters.